The number of anilines is 1. The van der Waals surface area contributed by atoms with Crippen molar-refractivity contribution < 1.29 is 4.74 Å². The first-order valence-corrected chi connectivity index (χ1v) is 8.03. The zero-order valence-electron chi connectivity index (χ0n) is 12.7. The molecule has 0 unspecified atom stereocenters. The molecule has 0 fully saturated rings. The SMILES string of the molecule is Cc1cc(NCc2ccc3c(c2)CC(C)(C)O3)ccc1Br. The van der Waals surface area contributed by atoms with Gasteiger partial charge in [0, 0.05) is 23.1 Å². The summed E-state index contributed by atoms with van der Waals surface area (Å²) in [6.45, 7) is 7.20. The van der Waals surface area contributed by atoms with Crippen LogP contribution in [0.1, 0.15) is 30.5 Å². The molecule has 0 saturated heterocycles. The molecule has 0 saturated carbocycles. The Kier molecular flexibility index (Phi) is 3.70. The van der Waals surface area contributed by atoms with Crippen molar-refractivity contribution in [1.29, 1.82) is 0 Å². The van der Waals surface area contributed by atoms with Gasteiger partial charge in [-0.3, -0.25) is 0 Å². The van der Waals surface area contributed by atoms with Gasteiger partial charge in [0.1, 0.15) is 11.4 Å². The highest BCUT2D eigenvalue weighted by atomic mass is 79.9. The Morgan fingerprint density at radius 3 is 2.76 bits per heavy atom. The normalized spacial score (nSPS) is 15.4. The van der Waals surface area contributed by atoms with Gasteiger partial charge in [0.2, 0.25) is 0 Å². The fourth-order valence-corrected chi connectivity index (χ4v) is 2.98. The van der Waals surface area contributed by atoms with Crippen LogP contribution in [0.3, 0.4) is 0 Å². The van der Waals surface area contributed by atoms with E-state index in [9.17, 15) is 0 Å². The van der Waals surface area contributed by atoms with E-state index in [-0.39, 0.29) is 5.60 Å². The van der Waals surface area contributed by atoms with Gasteiger partial charge in [-0.15, -0.1) is 0 Å². The molecule has 2 nitrogen and oxygen atoms in total. The summed E-state index contributed by atoms with van der Waals surface area (Å²) in [4.78, 5) is 0. The molecule has 21 heavy (non-hydrogen) atoms. The zero-order valence-corrected chi connectivity index (χ0v) is 14.3. The lowest BCUT2D eigenvalue weighted by molar-refractivity contribution is 0.138. The Morgan fingerprint density at radius 2 is 2.00 bits per heavy atom. The highest BCUT2D eigenvalue weighted by molar-refractivity contribution is 9.10. The van der Waals surface area contributed by atoms with Crippen molar-refractivity contribution in [3.05, 3.63) is 57.6 Å². The van der Waals surface area contributed by atoms with Crippen LogP contribution in [0.15, 0.2) is 40.9 Å². The van der Waals surface area contributed by atoms with Gasteiger partial charge in [-0.1, -0.05) is 28.1 Å². The van der Waals surface area contributed by atoms with Crippen molar-refractivity contribution in [2.45, 2.75) is 39.3 Å². The van der Waals surface area contributed by atoms with Crippen LogP contribution in [0.25, 0.3) is 0 Å². The third-order valence-electron chi connectivity index (χ3n) is 3.78. The molecule has 3 rings (SSSR count). The van der Waals surface area contributed by atoms with Crippen LogP contribution in [0.2, 0.25) is 0 Å². The summed E-state index contributed by atoms with van der Waals surface area (Å²) in [5.41, 5.74) is 4.91. The number of rotatable bonds is 3. The molecule has 0 aromatic heterocycles. The maximum absolute atomic E-state index is 5.92. The minimum atomic E-state index is -0.0722. The first kappa shape index (κ1) is 14.5. The Morgan fingerprint density at radius 1 is 1.19 bits per heavy atom. The second kappa shape index (κ2) is 5.38. The van der Waals surface area contributed by atoms with Crippen LogP contribution in [0.5, 0.6) is 5.75 Å². The lowest BCUT2D eigenvalue weighted by Gasteiger charge is -2.16. The van der Waals surface area contributed by atoms with Gasteiger partial charge in [-0.2, -0.15) is 0 Å². The zero-order chi connectivity index (χ0) is 15.0. The monoisotopic (exact) mass is 345 g/mol. The summed E-state index contributed by atoms with van der Waals surface area (Å²) in [5, 5.41) is 3.48. The molecule has 0 radical (unpaired) electrons. The van der Waals surface area contributed by atoms with E-state index >= 15 is 0 Å². The molecule has 110 valence electrons. The first-order valence-electron chi connectivity index (χ1n) is 7.24. The Labute approximate surface area is 134 Å². The van der Waals surface area contributed by atoms with E-state index in [0.29, 0.717) is 0 Å². The predicted molar refractivity (Wildman–Crippen MR) is 91.1 cm³/mol. The second-order valence-corrected chi connectivity index (χ2v) is 7.15. The molecule has 0 aliphatic carbocycles. The van der Waals surface area contributed by atoms with Crippen LogP contribution < -0.4 is 10.1 Å². The summed E-state index contributed by atoms with van der Waals surface area (Å²) in [5.74, 6) is 1.03. The minimum Gasteiger partial charge on any atom is -0.487 e. The highest BCUT2D eigenvalue weighted by Crippen LogP contribution is 2.35. The molecule has 2 aromatic carbocycles. The van der Waals surface area contributed by atoms with Crippen LogP contribution in [0, 0.1) is 6.92 Å². The van der Waals surface area contributed by atoms with E-state index in [0.717, 1.165) is 28.9 Å². The van der Waals surface area contributed by atoms with E-state index in [1.165, 1.54) is 16.7 Å². The summed E-state index contributed by atoms with van der Waals surface area (Å²) in [7, 11) is 0. The Bertz CT molecular complexity index is 679. The molecule has 1 aliphatic heterocycles. The maximum atomic E-state index is 5.92. The fourth-order valence-electron chi connectivity index (χ4n) is 2.73. The predicted octanol–water partition coefficient (Wildman–Crippen LogP) is 5.08. The smallest absolute Gasteiger partial charge is 0.123 e. The lowest BCUT2D eigenvalue weighted by atomic mass is 10.0. The van der Waals surface area contributed by atoms with Crippen molar-refractivity contribution in [1.82, 2.24) is 0 Å². The van der Waals surface area contributed by atoms with E-state index in [4.69, 9.17) is 4.74 Å². The number of ether oxygens (including phenoxy) is 1. The van der Waals surface area contributed by atoms with E-state index < -0.39 is 0 Å². The van der Waals surface area contributed by atoms with Gasteiger partial charge in [0.15, 0.2) is 0 Å². The second-order valence-electron chi connectivity index (χ2n) is 6.30. The van der Waals surface area contributed by atoms with Gasteiger partial charge >= 0.3 is 0 Å². The summed E-state index contributed by atoms with van der Waals surface area (Å²) < 4.78 is 7.06. The quantitative estimate of drug-likeness (QED) is 0.837. The van der Waals surface area contributed by atoms with Crippen molar-refractivity contribution in [3.63, 3.8) is 0 Å². The van der Waals surface area contributed by atoms with Crippen molar-refractivity contribution in [2.24, 2.45) is 0 Å². The largest absolute Gasteiger partial charge is 0.487 e. The molecule has 0 amide bonds. The first-order chi connectivity index (χ1) is 9.93. The van der Waals surface area contributed by atoms with Gasteiger partial charge < -0.3 is 10.1 Å². The fraction of sp³-hybridized carbons (Fsp3) is 0.333. The number of halogens is 1. The molecule has 0 spiro atoms. The van der Waals surface area contributed by atoms with Gasteiger partial charge in [-0.25, -0.2) is 0 Å². The molecule has 0 bridgehead atoms. The molecule has 2 aromatic rings. The number of benzene rings is 2. The molecule has 3 heteroatoms. The topological polar surface area (TPSA) is 21.3 Å². The van der Waals surface area contributed by atoms with Crippen molar-refractivity contribution in [2.75, 3.05) is 5.32 Å². The van der Waals surface area contributed by atoms with E-state index in [1.54, 1.807) is 0 Å². The average molecular weight is 346 g/mol. The Balaban J connectivity index is 1.71. The highest BCUT2D eigenvalue weighted by Gasteiger charge is 2.29. The molecule has 1 heterocycles. The number of nitrogens with one attached hydrogen (secondary N) is 1. The maximum Gasteiger partial charge on any atom is 0.123 e. The molecular formula is C18H20BrNO. The minimum absolute atomic E-state index is 0.0722. The Hall–Kier alpha value is -1.48. The van der Waals surface area contributed by atoms with Crippen LogP contribution in [-0.2, 0) is 13.0 Å². The number of aryl methyl sites for hydroxylation is 1. The number of hydrogen-bond donors (Lipinski definition) is 1. The van der Waals surface area contributed by atoms with Crippen LogP contribution in [0.4, 0.5) is 5.69 Å². The third-order valence-corrected chi connectivity index (χ3v) is 4.67. The molecule has 1 aliphatic rings. The third kappa shape index (κ3) is 3.24. The van der Waals surface area contributed by atoms with Crippen LogP contribution in [-0.4, -0.2) is 5.60 Å². The van der Waals surface area contributed by atoms with Crippen molar-refractivity contribution in [3.8, 4) is 5.75 Å². The van der Waals surface area contributed by atoms with Crippen molar-refractivity contribution >= 4 is 21.6 Å². The van der Waals surface area contributed by atoms with Gasteiger partial charge in [-0.05, 0) is 61.7 Å². The summed E-state index contributed by atoms with van der Waals surface area (Å²) in [6.07, 6.45) is 0.980. The standard InChI is InChI=1S/C18H20BrNO/c1-12-8-15(5-6-16(12)19)20-11-13-4-7-17-14(9-13)10-18(2,3)21-17/h4-9,20H,10-11H2,1-3H3. The lowest BCUT2D eigenvalue weighted by Crippen LogP contribution is -2.24. The number of hydrogen-bond acceptors (Lipinski definition) is 2. The number of fused-ring (bicyclic) bond motifs is 1. The van der Waals surface area contributed by atoms with E-state index in [1.807, 2.05) is 0 Å². The molecule has 1 N–H and O–H groups in total. The summed E-state index contributed by atoms with van der Waals surface area (Å²) >= 11 is 3.53. The van der Waals surface area contributed by atoms with E-state index in [2.05, 4.69) is 78.4 Å². The molecular weight excluding hydrogens is 326 g/mol. The molecule has 0 atom stereocenters. The average Bonchev–Trinajstić information content (AvgIpc) is 2.73. The van der Waals surface area contributed by atoms with Gasteiger partial charge in [0.05, 0.1) is 0 Å². The summed E-state index contributed by atoms with van der Waals surface area (Å²) in [6, 6.07) is 12.8. The van der Waals surface area contributed by atoms with Gasteiger partial charge in [0.25, 0.3) is 0 Å². The van der Waals surface area contributed by atoms with Crippen LogP contribution >= 0.6 is 15.9 Å².